The van der Waals surface area contributed by atoms with Crippen molar-refractivity contribution in [2.45, 2.75) is 217 Å². The molecule has 324 valence electrons. The van der Waals surface area contributed by atoms with Crippen molar-refractivity contribution < 1.29 is 39.8 Å². The van der Waals surface area contributed by atoms with Crippen LogP contribution < -0.4 is 5.32 Å². The molecule has 9 nitrogen and oxygen atoms in total. The number of carbonyl (C=O) groups excluding carboxylic acids is 1. The van der Waals surface area contributed by atoms with Crippen LogP contribution in [0.25, 0.3) is 0 Å². The second kappa shape index (κ2) is 37.2. The smallest absolute Gasteiger partial charge is 0.220 e. The molecule has 7 atom stereocenters. The Morgan fingerprint density at radius 1 is 0.607 bits per heavy atom. The molecule has 1 saturated heterocycles. The first-order valence-corrected chi connectivity index (χ1v) is 22.5. The molecule has 0 aromatic rings. The summed E-state index contributed by atoms with van der Waals surface area (Å²) in [6.45, 7) is 3.68. The average molecular weight is 790 g/mol. The molecular formula is C47H83NO8. The Hall–Kier alpha value is -2.11. The third-order valence-electron chi connectivity index (χ3n) is 10.3. The van der Waals surface area contributed by atoms with Gasteiger partial charge in [-0.3, -0.25) is 4.79 Å². The molecule has 0 aromatic heterocycles. The van der Waals surface area contributed by atoms with Gasteiger partial charge in [0.1, 0.15) is 24.4 Å². The third-order valence-corrected chi connectivity index (χ3v) is 10.3. The maximum Gasteiger partial charge on any atom is 0.220 e. The maximum atomic E-state index is 12.9. The number of ether oxygens (including phenoxy) is 2. The number of aliphatic hydroxyl groups is 5. The van der Waals surface area contributed by atoms with Crippen molar-refractivity contribution in [1.82, 2.24) is 5.32 Å². The molecule has 0 bridgehead atoms. The quantitative estimate of drug-likeness (QED) is 0.0272. The summed E-state index contributed by atoms with van der Waals surface area (Å²) in [5, 5.41) is 54.0. The van der Waals surface area contributed by atoms with E-state index in [-0.39, 0.29) is 12.5 Å². The van der Waals surface area contributed by atoms with Crippen LogP contribution in [0.3, 0.4) is 0 Å². The molecule has 1 fully saturated rings. The van der Waals surface area contributed by atoms with E-state index in [0.29, 0.717) is 6.42 Å². The lowest BCUT2D eigenvalue weighted by Crippen LogP contribution is -2.60. The van der Waals surface area contributed by atoms with Crippen molar-refractivity contribution in [1.29, 1.82) is 0 Å². The van der Waals surface area contributed by atoms with Gasteiger partial charge < -0.3 is 40.3 Å². The minimum Gasteiger partial charge on any atom is -0.394 e. The van der Waals surface area contributed by atoms with Crippen LogP contribution in [0.2, 0.25) is 0 Å². The van der Waals surface area contributed by atoms with E-state index in [0.717, 1.165) is 64.2 Å². The Kier molecular flexibility index (Phi) is 34.5. The van der Waals surface area contributed by atoms with Crippen LogP contribution >= 0.6 is 0 Å². The SMILES string of the molecule is CCCCCC/C=C/CC/C=C/C(O)C(COC1OC(CO)C(O)C(O)C1O)NC(=O)CCCCCCCCCC/C=C\C/C=C\C/C=C\CCCCCCC. The molecule has 56 heavy (non-hydrogen) atoms. The average Bonchev–Trinajstić information content (AvgIpc) is 3.20. The lowest BCUT2D eigenvalue weighted by Gasteiger charge is -2.40. The molecule has 0 aliphatic carbocycles. The topological polar surface area (TPSA) is 149 Å². The molecule has 0 saturated carbocycles. The Labute approximate surface area is 341 Å². The van der Waals surface area contributed by atoms with E-state index in [1.807, 2.05) is 6.08 Å². The van der Waals surface area contributed by atoms with E-state index in [4.69, 9.17) is 9.47 Å². The van der Waals surface area contributed by atoms with Crippen LogP contribution in [-0.4, -0.2) is 87.5 Å². The number of rotatable bonds is 36. The van der Waals surface area contributed by atoms with Gasteiger partial charge in [0.2, 0.25) is 5.91 Å². The number of amides is 1. The number of carbonyl (C=O) groups is 1. The van der Waals surface area contributed by atoms with E-state index in [1.54, 1.807) is 6.08 Å². The van der Waals surface area contributed by atoms with Gasteiger partial charge in [-0.2, -0.15) is 0 Å². The zero-order chi connectivity index (χ0) is 40.9. The summed E-state index contributed by atoms with van der Waals surface area (Å²) in [5.74, 6) is -0.199. The number of allylic oxidation sites excluding steroid dienone is 9. The van der Waals surface area contributed by atoms with Crippen LogP contribution in [0.4, 0.5) is 0 Å². The van der Waals surface area contributed by atoms with Crippen LogP contribution in [0.5, 0.6) is 0 Å². The van der Waals surface area contributed by atoms with E-state index in [1.165, 1.54) is 89.9 Å². The van der Waals surface area contributed by atoms with Crippen LogP contribution in [-0.2, 0) is 14.3 Å². The summed E-state index contributed by atoms with van der Waals surface area (Å²) in [6.07, 6.45) is 41.3. The van der Waals surface area contributed by atoms with Crippen LogP contribution in [0, 0.1) is 0 Å². The third kappa shape index (κ3) is 27.5. The Morgan fingerprint density at radius 3 is 1.64 bits per heavy atom. The molecular weight excluding hydrogens is 707 g/mol. The molecule has 6 N–H and O–H groups in total. The zero-order valence-corrected chi connectivity index (χ0v) is 35.4. The van der Waals surface area contributed by atoms with Crippen molar-refractivity contribution in [2.75, 3.05) is 13.2 Å². The number of unbranched alkanes of at least 4 members (excludes halogenated alkanes) is 18. The fourth-order valence-corrected chi connectivity index (χ4v) is 6.65. The van der Waals surface area contributed by atoms with Gasteiger partial charge in [0.05, 0.1) is 25.4 Å². The minimum atomic E-state index is -1.57. The van der Waals surface area contributed by atoms with Crippen molar-refractivity contribution in [3.05, 3.63) is 60.8 Å². The largest absolute Gasteiger partial charge is 0.394 e. The van der Waals surface area contributed by atoms with Crippen LogP contribution in [0.15, 0.2) is 60.8 Å². The van der Waals surface area contributed by atoms with E-state index in [9.17, 15) is 30.3 Å². The van der Waals surface area contributed by atoms with Gasteiger partial charge in [-0.05, 0) is 70.6 Å². The van der Waals surface area contributed by atoms with Gasteiger partial charge in [0, 0.05) is 6.42 Å². The number of aliphatic hydroxyl groups excluding tert-OH is 5. The molecule has 1 aliphatic heterocycles. The lowest BCUT2D eigenvalue weighted by atomic mass is 9.99. The van der Waals surface area contributed by atoms with Gasteiger partial charge in [0.25, 0.3) is 0 Å². The first-order valence-electron chi connectivity index (χ1n) is 22.5. The Balaban J connectivity index is 2.31. The highest BCUT2D eigenvalue weighted by molar-refractivity contribution is 5.76. The standard InChI is InChI=1S/C47H83NO8/c1-3-5-7-9-11-13-15-16-17-18-19-20-21-22-23-24-25-26-27-29-31-33-35-37-43(51)48-40(39-55-47-46(54)45(53)44(52)42(38-49)56-47)41(50)36-34-32-30-28-14-12-10-8-6-4-2/h14-16,18-19,21-22,28,34,36,40-42,44-47,49-50,52-54H,3-13,17,20,23-27,29-33,35,37-39H2,1-2H3,(H,48,51)/b16-15-,19-18-,22-21-,28-14+,36-34+. The first kappa shape index (κ1) is 51.9. The summed E-state index contributed by atoms with van der Waals surface area (Å²) < 4.78 is 11.2. The van der Waals surface area contributed by atoms with Crippen molar-refractivity contribution >= 4 is 5.91 Å². The van der Waals surface area contributed by atoms with Gasteiger partial charge in [-0.25, -0.2) is 0 Å². The van der Waals surface area contributed by atoms with E-state index in [2.05, 4.69) is 67.8 Å². The summed E-state index contributed by atoms with van der Waals surface area (Å²) in [4.78, 5) is 12.9. The minimum absolute atomic E-state index is 0.199. The highest BCUT2D eigenvalue weighted by Gasteiger charge is 2.44. The summed E-state index contributed by atoms with van der Waals surface area (Å²) in [6, 6.07) is -0.825. The maximum absolute atomic E-state index is 12.9. The number of nitrogens with one attached hydrogen (secondary N) is 1. The summed E-state index contributed by atoms with van der Waals surface area (Å²) >= 11 is 0. The number of hydrogen-bond donors (Lipinski definition) is 6. The predicted molar refractivity (Wildman–Crippen MR) is 230 cm³/mol. The van der Waals surface area contributed by atoms with Gasteiger partial charge in [0.15, 0.2) is 6.29 Å². The monoisotopic (exact) mass is 790 g/mol. The van der Waals surface area contributed by atoms with Gasteiger partial charge >= 0.3 is 0 Å². The summed E-state index contributed by atoms with van der Waals surface area (Å²) in [7, 11) is 0. The molecule has 0 aromatic carbocycles. The number of hydrogen-bond acceptors (Lipinski definition) is 8. The predicted octanol–water partition coefficient (Wildman–Crippen LogP) is 9.22. The molecule has 1 rings (SSSR count). The second-order valence-electron chi connectivity index (χ2n) is 15.5. The zero-order valence-electron chi connectivity index (χ0n) is 35.4. The molecule has 1 aliphatic rings. The van der Waals surface area contributed by atoms with Gasteiger partial charge in [-0.1, -0.05) is 158 Å². The van der Waals surface area contributed by atoms with Crippen molar-refractivity contribution in [2.24, 2.45) is 0 Å². The molecule has 0 spiro atoms. The fraction of sp³-hybridized carbons (Fsp3) is 0.766. The van der Waals surface area contributed by atoms with Crippen LogP contribution in [0.1, 0.15) is 174 Å². The van der Waals surface area contributed by atoms with Crippen molar-refractivity contribution in [3.63, 3.8) is 0 Å². The molecule has 7 unspecified atom stereocenters. The Morgan fingerprint density at radius 2 is 1.07 bits per heavy atom. The van der Waals surface area contributed by atoms with E-state index >= 15 is 0 Å². The molecule has 1 heterocycles. The lowest BCUT2D eigenvalue weighted by molar-refractivity contribution is -0.302. The first-order chi connectivity index (χ1) is 27.3. The van der Waals surface area contributed by atoms with E-state index < -0.39 is 49.5 Å². The fourth-order valence-electron chi connectivity index (χ4n) is 6.65. The highest BCUT2D eigenvalue weighted by Crippen LogP contribution is 2.22. The van der Waals surface area contributed by atoms with Crippen molar-refractivity contribution in [3.8, 4) is 0 Å². The molecule has 0 radical (unpaired) electrons. The summed E-state index contributed by atoms with van der Waals surface area (Å²) in [5.41, 5.74) is 0. The van der Waals surface area contributed by atoms with Gasteiger partial charge in [-0.15, -0.1) is 0 Å². The second-order valence-corrected chi connectivity index (χ2v) is 15.5. The molecule has 9 heteroatoms. The molecule has 1 amide bonds. The highest BCUT2D eigenvalue weighted by atomic mass is 16.7. The Bertz CT molecular complexity index is 1060. The normalized spacial score (nSPS) is 21.7.